The Balaban J connectivity index is 2.96. The second-order valence-corrected chi connectivity index (χ2v) is 5.56. The number of hydrogen-bond acceptors (Lipinski definition) is 2. The van der Waals surface area contributed by atoms with E-state index in [-0.39, 0.29) is 10.9 Å². The number of nitrogens with two attached hydrogens (primary N) is 1. The Kier molecular flexibility index (Phi) is 5.19. The number of amides is 1. The largest absolute Gasteiger partial charge is 0.393 e. The van der Waals surface area contributed by atoms with E-state index < -0.39 is 5.92 Å². The molecule has 1 aromatic rings. The Morgan fingerprint density at radius 3 is 2.35 bits per heavy atom. The summed E-state index contributed by atoms with van der Waals surface area (Å²) in [5.41, 5.74) is 5.74. The highest BCUT2D eigenvalue weighted by Crippen LogP contribution is 2.34. The lowest BCUT2D eigenvalue weighted by Gasteiger charge is -2.13. The van der Waals surface area contributed by atoms with E-state index in [1.807, 2.05) is 0 Å². The van der Waals surface area contributed by atoms with Gasteiger partial charge in [0, 0.05) is 4.47 Å². The lowest BCUT2D eigenvalue weighted by Crippen LogP contribution is -2.31. The van der Waals surface area contributed by atoms with Gasteiger partial charge in [-0.1, -0.05) is 51.3 Å². The van der Waals surface area contributed by atoms with E-state index in [1.165, 1.54) is 0 Å². The van der Waals surface area contributed by atoms with E-state index in [4.69, 9.17) is 41.2 Å². The zero-order valence-electron chi connectivity index (χ0n) is 8.76. The summed E-state index contributed by atoms with van der Waals surface area (Å²) in [5.74, 6) is -0.926. The third-order valence-electron chi connectivity index (χ3n) is 2.08. The van der Waals surface area contributed by atoms with Gasteiger partial charge in [0.05, 0.1) is 26.6 Å². The minimum absolute atomic E-state index is 0.117. The van der Waals surface area contributed by atoms with Crippen molar-refractivity contribution in [1.29, 1.82) is 0 Å². The van der Waals surface area contributed by atoms with Crippen molar-refractivity contribution in [2.75, 3.05) is 5.32 Å². The Bertz CT molecular complexity index is 458. The van der Waals surface area contributed by atoms with Crippen LogP contribution in [0.5, 0.6) is 0 Å². The molecular formula is C10H9BrCl2N2OS. The van der Waals surface area contributed by atoms with Gasteiger partial charge in [-0.2, -0.15) is 0 Å². The molecule has 0 aliphatic heterocycles. The van der Waals surface area contributed by atoms with Gasteiger partial charge in [0.15, 0.2) is 0 Å². The normalized spacial score (nSPS) is 12.0. The van der Waals surface area contributed by atoms with E-state index in [9.17, 15) is 4.79 Å². The highest BCUT2D eigenvalue weighted by molar-refractivity contribution is 9.10. The highest BCUT2D eigenvalue weighted by atomic mass is 79.9. The minimum atomic E-state index is -0.583. The van der Waals surface area contributed by atoms with Crippen molar-refractivity contribution in [3.8, 4) is 0 Å². The van der Waals surface area contributed by atoms with Gasteiger partial charge >= 0.3 is 0 Å². The van der Waals surface area contributed by atoms with Gasteiger partial charge in [0.1, 0.15) is 0 Å². The summed E-state index contributed by atoms with van der Waals surface area (Å²) in [5, 5.41) is 3.28. The van der Waals surface area contributed by atoms with Gasteiger partial charge in [-0.25, -0.2) is 0 Å². The number of nitrogens with one attached hydrogen (secondary N) is 1. The van der Waals surface area contributed by atoms with Gasteiger partial charge in [0.2, 0.25) is 5.91 Å². The minimum Gasteiger partial charge on any atom is -0.393 e. The monoisotopic (exact) mass is 354 g/mol. The summed E-state index contributed by atoms with van der Waals surface area (Å²) >= 11 is 19.9. The molecule has 0 spiro atoms. The summed E-state index contributed by atoms with van der Waals surface area (Å²) < 4.78 is 0.730. The maximum Gasteiger partial charge on any atom is 0.234 e. The van der Waals surface area contributed by atoms with Crippen LogP contribution in [0.3, 0.4) is 0 Å². The van der Waals surface area contributed by atoms with Gasteiger partial charge < -0.3 is 11.1 Å². The molecule has 1 unspecified atom stereocenters. The van der Waals surface area contributed by atoms with Crippen LogP contribution in [-0.2, 0) is 4.79 Å². The van der Waals surface area contributed by atoms with Crippen molar-refractivity contribution >= 4 is 67.9 Å². The van der Waals surface area contributed by atoms with Crippen LogP contribution in [0.1, 0.15) is 6.92 Å². The van der Waals surface area contributed by atoms with E-state index in [0.29, 0.717) is 15.7 Å². The van der Waals surface area contributed by atoms with Gasteiger partial charge in [-0.05, 0) is 19.1 Å². The van der Waals surface area contributed by atoms with E-state index in [0.717, 1.165) is 4.47 Å². The van der Waals surface area contributed by atoms with Crippen LogP contribution < -0.4 is 11.1 Å². The molecule has 0 fully saturated rings. The first-order chi connectivity index (χ1) is 7.82. The van der Waals surface area contributed by atoms with E-state index in [1.54, 1.807) is 19.1 Å². The number of carbonyl (C=O) groups excluding carboxylic acids is 1. The van der Waals surface area contributed by atoms with Crippen molar-refractivity contribution < 1.29 is 4.79 Å². The van der Waals surface area contributed by atoms with Crippen molar-refractivity contribution in [3.63, 3.8) is 0 Å². The summed E-state index contributed by atoms with van der Waals surface area (Å²) in [6.07, 6.45) is 0. The van der Waals surface area contributed by atoms with Crippen LogP contribution in [0.4, 0.5) is 5.69 Å². The number of carbonyl (C=O) groups is 1. The average molecular weight is 356 g/mol. The number of halogens is 3. The van der Waals surface area contributed by atoms with Crippen LogP contribution in [0.15, 0.2) is 16.6 Å². The van der Waals surface area contributed by atoms with Crippen LogP contribution in [0.25, 0.3) is 0 Å². The molecule has 92 valence electrons. The van der Waals surface area contributed by atoms with Crippen LogP contribution in [0.2, 0.25) is 10.0 Å². The molecule has 17 heavy (non-hydrogen) atoms. The third-order valence-corrected chi connectivity index (χ3v) is 3.48. The molecule has 0 aliphatic carbocycles. The Morgan fingerprint density at radius 2 is 1.94 bits per heavy atom. The molecule has 7 heteroatoms. The summed E-state index contributed by atoms with van der Waals surface area (Å²) in [6.45, 7) is 1.61. The first-order valence-electron chi connectivity index (χ1n) is 4.57. The molecule has 3 nitrogen and oxygen atoms in total. The first-order valence-corrected chi connectivity index (χ1v) is 6.53. The Morgan fingerprint density at radius 1 is 1.47 bits per heavy atom. The maximum atomic E-state index is 11.7. The predicted octanol–water partition coefficient (Wildman–Crippen LogP) is 3.62. The van der Waals surface area contributed by atoms with Crippen LogP contribution in [-0.4, -0.2) is 10.9 Å². The second kappa shape index (κ2) is 6.00. The lowest BCUT2D eigenvalue weighted by molar-refractivity contribution is -0.117. The molecule has 0 heterocycles. The molecule has 3 N–H and O–H groups in total. The molecule has 0 bridgehead atoms. The standard InChI is InChI=1S/C10H9BrCl2N2OS/c1-4(9(14)17)10(16)15-8-6(12)2-5(11)3-7(8)13/h2-4H,1H3,(H2,14,17)(H,15,16). The summed E-state index contributed by atoms with van der Waals surface area (Å²) in [6, 6.07) is 3.27. The summed E-state index contributed by atoms with van der Waals surface area (Å²) in [7, 11) is 0. The molecule has 0 saturated heterocycles. The smallest absolute Gasteiger partial charge is 0.234 e. The van der Waals surface area contributed by atoms with E-state index >= 15 is 0 Å². The van der Waals surface area contributed by atoms with Crippen LogP contribution in [0, 0.1) is 5.92 Å². The van der Waals surface area contributed by atoms with Crippen LogP contribution >= 0.6 is 51.3 Å². The van der Waals surface area contributed by atoms with Gasteiger partial charge in [0.25, 0.3) is 0 Å². The molecule has 1 rings (SSSR count). The van der Waals surface area contributed by atoms with Crippen molar-refractivity contribution in [2.24, 2.45) is 11.7 Å². The predicted molar refractivity (Wildman–Crippen MR) is 78.7 cm³/mol. The van der Waals surface area contributed by atoms with E-state index in [2.05, 4.69) is 21.2 Å². The van der Waals surface area contributed by atoms with Crippen molar-refractivity contribution in [2.45, 2.75) is 6.92 Å². The summed E-state index contributed by atoms with van der Waals surface area (Å²) in [4.78, 5) is 11.9. The molecule has 1 atom stereocenters. The zero-order valence-corrected chi connectivity index (χ0v) is 12.7. The Hall–Kier alpha value is -0.360. The highest BCUT2D eigenvalue weighted by Gasteiger charge is 2.18. The second-order valence-electron chi connectivity index (χ2n) is 3.36. The fourth-order valence-corrected chi connectivity index (χ4v) is 2.43. The molecule has 0 saturated carbocycles. The average Bonchev–Trinajstić information content (AvgIpc) is 2.21. The molecule has 1 amide bonds. The lowest BCUT2D eigenvalue weighted by atomic mass is 10.1. The molecular weight excluding hydrogens is 347 g/mol. The Labute approximate surface area is 123 Å². The number of rotatable bonds is 3. The molecule has 1 aromatic carbocycles. The van der Waals surface area contributed by atoms with Crippen molar-refractivity contribution in [3.05, 3.63) is 26.7 Å². The van der Waals surface area contributed by atoms with Gasteiger partial charge in [-0.3, -0.25) is 4.79 Å². The SMILES string of the molecule is CC(C(=O)Nc1c(Cl)cc(Br)cc1Cl)C(N)=S. The maximum absolute atomic E-state index is 11.7. The molecule has 0 aliphatic rings. The number of benzene rings is 1. The fraction of sp³-hybridized carbons (Fsp3) is 0.200. The molecule has 0 radical (unpaired) electrons. The topological polar surface area (TPSA) is 55.1 Å². The number of anilines is 1. The fourth-order valence-electron chi connectivity index (χ4n) is 1.02. The first kappa shape index (κ1) is 14.7. The number of thiocarbonyl (C=S) groups is 1. The van der Waals surface area contributed by atoms with Gasteiger partial charge in [-0.15, -0.1) is 0 Å². The third kappa shape index (κ3) is 3.81. The number of hydrogen-bond donors (Lipinski definition) is 2. The van der Waals surface area contributed by atoms with Crippen molar-refractivity contribution in [1.82, 2.24) is 0 Å². The quantitative estimate of drug-likeness (QED) is 0.814. The molecule has 0 aromatic heterocycles. The zero-order chi connectivity index (χ0) is 13.2.